The van der Waals surface area contributed by atoms with Crippen LogP contribution in [-0.2, 0) is 9.53 Å². The van der Waals surface area contributed by atoms with Crippen molar-refractivity contribution in [1.29, 1.82) is 0 Å². The second-order valence-electron chi connectivity index (χ2n) is 3.27. The van der Waals surface area contributed by atoms with E-state index in [0.717, 1.165) is 5.56 Å². The largest absolute Gasteiger partial charge is 0.465 e. The monoisotopic (exact) mass is 207 g/mol. The van der Waals surface area contributed by atoms with Gasteiger partial charge in [0.25, 0.3) is 0 Å². The molecule has 0 aliphatic rings. The Labute approximate surface area is 90.4 Å². The zero-order chi connectivity index (χ0) is 11.1. The standard InChI is InChI=1S/C12H17NO2/c1-3-15-12(14)11(9-13-2)10-7-5-4-6-8-10/h4-8,11,13H,3,9H2,1-2H3. The van der Waals surface area contributed by atoms with Crippen molar-refractivity contribution in [3.05, 3.63) is 35.9 Å². The predicted molar refractivity (Wildman–Crippen MR) is 59.7 cm³/mol. The quantitative estimate of drug-likeness (QED) is 0.744. The van der Waals surface area contributed by atoms with Gasteiger partial charge in [-0.25, -0.2) is 0 Å². The van der Waals surface area contributed by atoms with Crippen molar-refractivity contribution in [3.63, 3.8) is 0 Å². The number of hydrogen-bond acceptors (Lipinski definition) is 3. The highest BCUT2D eigenvalue weighted by Gasteiger charge is 2.20. The molecule has 3 nitrogen and oxygen atoms in total. The van der Waals surface area contributed by atoms with Crippen LogP contribution in [-0.4, -0.2) is 26.2 Å². The summed E-state index contributed by atoms with van der Waals surface area (Å²) in [5, 5.41) is 3.00. The molecule has 1 aromatic rings. The van der Waals surface area contributed by atoms with E-state index in [9.17, 15) is 4.79 Å². The lowest BCUT2D eigenvalue weighted by Gasteiger charge is -2.15. The fourth-order valence-electron chi connectivity index (χ4n) is 1.47. The van der Waals surface area contributed by atoms with E-state index >= 15 is 0 Å². The highest BCUT2D eigenvalue weighted by atomic mass is 16.5. The molecule has 1 N–H and O–H groups in total. The van der Waals surface area contributed by atoms with Crippen LogP contribution in [0.25, 0.3) is 0 Å². The molecule has 1 unspecified atom stereocenters. The van der Waals surface area contributed by atoms with Gasteiger partial charge in [-0.2, -0.15) is 0 Å². The molecule has 82 valence electrons. The Morgan fingerprint density at radius 1 is 1.40 bits per heavy atom. The van der Waals surface area contributed by atoms with Gasteiger partial charge in [-0.3, -0.25) is 4.79 Å². The number of ether oxygens (including phenoxy) is 1. The number of esters is 1. The van der Waals surface area contributed by atoms with Gasteiger partial charge < -0.3 is 10.1 Å². The number of rotatable bonds is 5. The number of carbonyl (C=O) groups is 1. The first kappa shape index (κ1) is 11.7. The average Bonchev–Trinajstić information content (AvgIpc) is 2.27. The zero-order valence-corrected chi connectivity index (χ0v) is 9.19. The molecule has 1 rings (SSSR count). The Morgan fingerprint density at radius 2 is 2.07 bits per heavy atom. The molecule has 0 saturated carbocycles. The van der Waals surface area contributed by atoms with Gasteiger partial charge in [0.2, 0.25) is 0 Å². The van der Waals surface area contributed by atoms with Crippen molar-refractivity contribution >= 4 is 5.97 Å². The van der Waals surface area contributed by atoms with Crippen LogP contribution in [0.3, 0.4) is 0 Å². The Hall–Kier alpha value is -1.35. The van der Waals surface area contributed by atoms with Crippen LogP contribution in [0.1, 0.15) is 18.4 Å². The summed E-state index contributed by atoms with van der Waals surface area (Å²) in [4.78, 5) is 11.7. The van der Waals surface area contributed by atoms with Crippen LogP contribution in [0.2, 0.25) is 0 Å². The van der Waals surface area contributed by atoms with Gasteiger partial charge in [0.15, 0.2) is 0 Å². The second kappa shape index (κ2) is 6.19. The van der Waals surface area contributed by atoms with E-state index in [1.807, 2.05) is 44.3 Å². The summed E-state index contributed by atoms with van der Waals surface area (Å²) in [6.07, 6.45) is 0. The molecule has 0 heterocycles. The van der Waals surface area contributed by atoms with Crippen molar-refractivity contribution in [2.75, 3.05) is 20.2 Å². The topological polar surface area (TPSA) is 38.3 Å². The van der Waals surface area contributed by atoms with E-state index in [2.05, 4.69) is 5.32 Å². The minimum atomic E-state index is -0.212. The Balaban J connectivity index is 2.78. The first-order chi connectivity index (χ1) is 7.29. The summed E-state index contributed by atoms with van der Waals surface area (Å²) in [6, 6.07) is 9.68. The summed E-state index contributed by atoms with van der Waals surface area (Å²) < 4.78 is 5.03. The molecule has 3 heteroatoms. The summed E-state index contributed by atoms with van der Waals surface area (Å²) in [7, 11) is 1.83. The SMILES string of the molecule is CCOC(=O)C(CNC)c1ccccc1. The number of hydrogen-bond donors (Lipinski definition) is 1. The maximum Gasteiger partial charge on any atom is 0.314 e. The molecule has 1 atom stereocenters. The van der Waals surface area contributed by atoms with Crippen LogP contribution in [0, 0.1) is 0 Å². The highest BCUT2D eigenvalue weighted by Crippen LogP contribution is 2.16. The Kier molecular flexibility index (Phi) is 4.84. The summed E-state index contributed by atoms with van der Waals surface area (Å²) in [5.41, 5.74) is 0.991. The average molecular weight is 207 g/mol. The van der Waals surface area contributed by atoms with Gasteiger partial charge in [-0.1, -0.05) is 30.3 Å². The highest BCUT2D eigenvalue weighted by molar-refractivity contribution is 5.78. The minimum Gasteiger partial charge on any atom is -0.465 e. The maximum absolute atomic E-state index is 11.7. The van der Waals surface area contributed by atoms with E-state index in [1.54, 1.807) is 0 Å². The van der Waals surface area contributed by atoms with Gasteiger partial charge in [-0.05, 0) is 19.5 Å². The van der Waals surface area contributed by atoms with Crippen molar-refractivity contribution < 1.29 is 9.53 Å². The number of nitrogens with one attached hydrogen (secondary N) is 1. The third kappa shape index (κ3) is 3.36. The molecule has 0 radical (unpaired) electrons. The zero-order valence-electron chi connectivity index (χ0n) is 9.19. The van der Waals surface area contributed by atoms with Crippen molar-refractivity contribution in [2.45, 2.75) is 12.8 Å². The summed E-state index contributed by atoms with van der Waals surface area (Å²) in [6.45, 7) is 2.84. The van der Waals surface area contributed by atoms with Crippen LogP contribution >= 0.6 is 0 Å². The molecular formula is C12H17NO2. The van der Waals surface area contributed by atoms with Gasteiger partial charge in [0, 0.05) is 6.54 Å². The molecule has 0 aromatic heterocycles. The number of likely N-dealkylation sites (N-methyl/N-ethyl adjacent to an activating group) is 1. The van der Waals surface area contributed by atoms with Crippen molar-refractivity contribution in [2.24, 2.45) is 0 Å². The van der Waals surface area contributed by atoms with E-state index in [1.165, 1.54) is 0 Å². The van der Waals surface area contributed by atoms with Crippen LogP contribution in [0.5, 0.6) is 0 Å². The molecule has 0 amide bonds. The fraction of sp³-hybridized carbons (Fsp3) is 0.417. The number of benzene rings is 1. The van der Waals surface area contributed by atoms with Crippen molar-refractivity contribution in [3.8, 4) is 0 Å². The molecular weight excluding hydrogens is 190 g/mol. The van der Waals surface area contributed by atoms with Gasteiger partial charge in [-0.15, -0.1) is 0 Å². The number of carbonyl (C=O) groups excluding carboxylic acids is 1. The molecule has 1 aromatic carbocycles. The molecule has 0 spiro atoms. The molecule has 0 saturated heterocycles. The third-order valence-electron chi connectivity index (χ3n) is 2.18. The van der Waals surface area contributed by atoms with Gasteiger partial charge >= 0.3 is 5.97 Å². The Morgan fingerprint density at radius 3 is 2.60 bits per heavy atom. The molecule has 0 bridgehead atoms. The lowest BCUT2D eigenvalue weighted by molar-refractivity contribution is -0.144. The summed E-state index contributed by atoms with van der Waals surface area (Å²) >= 11 is 0. The lowest BCUT2D eigenvalue weighted by atomic mass is 9.99. The van der Waals surface area contributed by atoms with Crippen molar-refractivity contribution in [1.82, 2.24) is 5.32 Å². The third-order valence-corrected chi connectivity index (χ3v) is 2.18. The molecule has 0 aliphatic heterocycles. The lowest BCUT2D eigenvalue weighted by Crippen LogP contribution is -2.26. The minimum absolute atomic E-state index is 0.168. The predicted octanol–water partition coefficient (Wildman–Crippen LogP) is 1.55. The van der Waals surface area contributed by atoms with Crippen LogP contribution in [0.4, 0.5) is 0 Å². The van der Waals surface area contributed by atoms with E-state index in [-0.39, 0.29) is 11.9 Å². The van der Waals surface area contributed by atoms with Gasteiger partial charge in [0.1, 0.15) is 0 Å². The first-order valence-corrected chi connectivity index (χ1v) is 5.15. The maximum atomic E-state index is 11.7. The van der Waals surface area contributed by atoms with E-state index in [0.29, 0.717) is 13.2 Å². The fourth-order valence-corrected chi connectivity index (χ4v) is 1.47. The molecule has 0 aliphatic carbocycles. The smallest absolute Gasteiger partial charge is 0.314 e. The van der Waals surface area contributed by atoms with E-state index in [4.69, 9.17) is 4.74 Å². The first-order valence-electron chi connectivity index (χ1n) is 5.15. The second-order valence-corrected chi connectivity index (χ2v) is 3.27. The Bertz CT molecular complexity index is 298. The molecule has 0 fully saturated rings. The summed E-state index contributed by atoms with van der Waals surface area (Å²) in [5.74, 6) is -0.380. The van der Waals surface area contributed by atoms with E-state index < -0.39 is 0 Å². The van der Waals surface area contributed by atoms with Crippen LogP contribution in [0.15, 0.2) is 30.3 Å². The molecule has 15 heavy (non-hydrogen) atoms. The normalized spacial score (nSPS) is 12.1. The van der Waals surface area contributed by atoms with Crippen LogP contribution < -0.4 is 5.32 Å². The van der Waals surface area contributed by atoms with Gasteiger partial charge in [0.05, 0.1) is 12.5 Å².